The summed E-state index contributed by atoms with van der Waals surface area (Å²) in [5.74, 6) is -2.38. The first kappa shape index (κ1) is 20.5. The molecule has 0 aromatic carbocycles. The number of hydrogen-bond donors (Lipinski definition) is 1. The first-order chi connectivity index (χ1) is 13.0. The van der Waals surface area contributed by atoms with Gasteiger partial charge in [0.2, 0.25) is 0 Å². The molecule has 9 nitrogen and oxygen atoms in total. The number of ketones is 1. The van der Waals surface area contributed by atoms with Crippen LogP contribution in [0.4, 0.5) is 0 Å². The third-order valence-corrected chi connectivity index (χ3v) is 5.55. The van der Waals surface area contributed by atoms with E-state index in [1.54, 1.807) is 6.92 Å². The second-order valence-corrected chi connectivity index (χ2v) is 7.82. The Hall–Kier alpha value is -2.26. The van der Waals surface area contributed by atoms with Gasteiger partial charge in [0.25, 0.3) is 0 Å². The van der Waals surface area contributed by atoms with Gasteiger partial charge in [-0.2, -0.15) is 0 Å². The van der Waals surface area contributed by atoms with E-state index in [4.69, 9.17) is 18.9 Å². The standard InChI is InChI=1S/C19H24O9/c1-9(21)25-12-7-19(4,27-10(2)22)13(23)5-6-18(3)16(28-18)15-14(12)11(8-20)17(24)26-15/h12,15-16,20H,5-8H2,1-4H3/t12?,15-,16+,18+,19+/m0/s1. The number of rotatable bonds is 3. The zero-order valence-electron chi connectivity index (χ0n) is 16.3. The molecule has 0 spiro atoms. The number of carbonyl (C=O) groups excluding carboxylic acids is 4. The first-order valence-electron chi connectivity index (χ1n) is 9.13. The summed E-state index contributed by atoms with van der Waals surface area (Å²) in [6.07, 6.45) is -2.23. The summed E-state index contributed by atoms with van der Waals surface area (Å²) in [5.41, 5.74) is -2.07. The number of esters is 3. The van der Waals surface area contributed by atoms with Crippen LogP contribution in [0.15, 0.2) is 11.1 Å². The molecule has 0 radical (unpaired) electrons. The van der Waals surface area contributed by atoms with Gasteiger partial charge >= 0.3 is 17.9 Å². The van der Waals surface area contributed by atoms with Gasteiger partial charge in [-0.15, -0.1) is 0 Å². The Balaban J connectivity index is 2.11. The molecule has 3 rings (SSSR count). The maximum Gasteiger partial charge on any atom is 0.337 e. The van der Waals surface area contributed by atoms with Crippen LogP contribution in [0.25, 0.3) is 0 Å². The molecule has 3 aliphatic rings. The second kappa shape index (κ2) is 6.97. The van der Waals surface area contributed by atoms with Crippen LogP contribution in [0, 0.1) is 0 Å². The summed E-state index contributed by atoms with van der Waals surface area (Å²) < 4.78 is 21.9. The van der Waals surface area contributed by atoms with Crippen molar-refractivity contribution in [2.45, 2.75) is 76.5 Å². The maximum absolute atomic E-state index is 12.9. The molecule has 0 amide bonds. The van der Waals surface area contributed by atoms with E-state index < -0.39 is 54.0 Å². The normalized spacial score (nSPS) is 37.5. The van der Waals surface area contributed by atoms with Gasteiger partial charge in [0.1, 0.15) is 12.2 Å². The highest BCUT2D eigenvalue weighted by atomic mass is 16.6. The van der Waals surface area contributed by atoms with Crippen LogP contribution in [-0.4, -0.2) is 64.9 Å². The van der Waals surface area contributed by atoms with Gasteiger partial charge < -0.3 is 24.1 Å². The number of aliphatic hydroxyl groups is 1. The largest absolute Gasteiger partial charge is 0.458 e. The average molecular weight is 396 g/mol. The van der Waals surface area contributed by atoms with E-state index >= 15 is 0 Å². The molecule has 0 bridgehead atoms. The highest BCUT2D eigenvalue weighted by molar-refractivity contribution is 5.94. The van der Waals surface area contributed by atoms with Crippen molar-refractivity contribution in [3.63, 3.8) is 0 Å². The summed E-state index contributed by atoms with van der Waals surface area (Å²) in [6.45, 7) is 4.99. The number of fused-ring (bicyclic) bond motifs is 3. The van der Waals surface area contributed by atoms with Gasteiger partial charge in [-0.1, -0.05) is 0 Å². The zero-order valence-corrected chi connectivity index (χ0v) is 16.3. The highest BCUT2D eigenvalue weighted by Crippen LogP contribution is 2.49. The molecule has 2 heterocycles. The van der Waals surface area contributed by atoms with E-state index in [9.17, 15) is 24.3 Å². The van der Waals surface area contributed by atoms with Gasteiger partial charge in [0, 0.05) is 32.3 Å². The van der Waals surface area contributed by atoms with Crippen molar-refractivity contribution in [1.29, 1.82) is 0 Å². The van der Waals surface area contributed by atoms with Gasteiger partial charge in [-0.3, -0.25) is 14.4 Å². The SMILES string of the molecule is CC(=O)OC1C[C@@](C)(OC(C)=O)C(=O)CC[C@@]2(C)O[C@@H]2[C@H]2OC(=O)C(CO)=C12. The van der Waals surface area contributed by atoms with E-state index in [-0.39, 0.29) is 29.8 Å². The Morgan fingerprint density at radius 2 is 1.89 bits per heavy atom. The van der Waals surface area contributed by atoms with Crippen molar-refractivity contribution < 1.29 is 43.2 Å². The lowest BCUT2D eigenvalue weighted by atomic mass is 9.80. The minimum Gasteiger partial charge on any atom is -0.458 e. The van der Waals surface area contributed by atoms with E-state index in [0.29, 0.717) is 6.42 Å². The number of aliphatic hydroxyl groups excluding tert-OH is 1. The Morgan fingerprint density at radius 1 is 1.21 bits per heavy atom. The quantitative estimate of drug-likeness (QED) is 0.408. The second-order valence-electron chi connectivity index (χ2n) is 7.82. The van der Waals surface area contributed by atoms with E-state index in [1.807, 2.05) is 0 Å². The Morgan fingerprint density at radius 3 is 2.46 bits per heavy atom. The van der Waals surface area contributed by atoms with Crippen LogP contribution in [0.3, 0.4) is 0 Å². The molecule has 9 heteroatoms. The molecule has 0 aromatic heterocycles. The lowest BCUT2D eigenvalue weighted by Crippen LogP contribution is -2.46. The molecule has 1 aliphatic carbocycles. The number of epoxide rings is 1. The predicted molar refractivity (Wildman–Crippen MR) is 91.9 cm³/mol. The molecule has 2 aliphatic heterocycles. The van der Waals surface area contributed by atoms with Gasteiger partial charge in [-0.25, -0.2) is 4.79 Å². The average Bonchev–Trinajstić information content (AvgIpc) is 3.12. The molecule has 0 aromatic rings. The third kappa shape index (κ3) is 3.56. The molecule has 154 valence electrons. The van der Waals surface area contributed by atoms with Gasteiger partial charge in [0.15, 0.2) is 17.5 Å². The van der Waals surface area contributed by atoms with Crippen LogP contribution in [0.2, 0.25) is 0 Å². The van der Waals surface area contributed by atoms with Crippen molar-refractivity contribution in [2.24, 2.45) is 0 Å². The number of ether oxygens (including phenoxy) is 4. The summed E-state index contributed by atoms with van der Waals surface area (Å²) >= 11 is 0. The van der Waals surface area contributed by atoms with E-state index in [0.717, 1.165) is 0 Å². The van der Waals surface area contributed by atoms with E-state index in [1.165, 1.54) is 20.8 Å². The highest BCUT2D eigenvalue weighted by Gasteiger charge is 2.63. The van der Waals surface area contributed by atoms with Gasteiger partial charge in [0.05, 0.1) is 17.8 Å². The smallest absolute Gasteiger partial charge is 0.337 e. The van der Waals surface area contributed by atoms with Crippen LogP contribution < -0.4 is 0 Å². The Labute approximate surface area is 161 Å². The summed E-state index contributed by atoms with van der Waals surface area (Å²) in [5, 5.41) is 9.71. The zero-order chi connectivity index (χ0) is 20.9. The van der Waals surface area contributed by atoms with E-state index in [2.05, 4.69) is 0 Å². The molecule has 1 N–H and O–H groups in total. The van der Waals surface area contributed by atoms with Crippen LogP contribution >= 0.6 is 0 Å². The Bertz CT molecular complexity index is 769. The third-order valence-electron chi connectivity index (χ3n) is 5.55. The fraction of sp³-hybridized carbons (Fsp3) is 0.684. The Kier molecular flexibility index (Phi) is 5.09. The predicted octanol–water partition coefficient (Wildman–Crippen LogP) is 0.365. The molecule has 1 saturated heterocycles. The van der Waals surface area contributed by atoms with Crippen molar-refractivity contribution in [2.75, 3.05) is 6.61 Å². The molecule has 28 heavy (non-hydrogen) atoms. The molecular formula is C19H24O9. The van der Waals surface area contributed by atoms with Gasteiger partial charge in [-0.05, 0) is 20.3 Å². The molecule has 1 saturated carbocycles. The fourth-order valence-corrected chi connectivity index (χ4v) is 4.06. The number of hydrogen-bond acceptors (Lipinski definition) is 9. The molecule has 1 unspecified atom stereocenters. The molecule has 5 atom stereocenters. The van der Waals surface area contributed by atoms with Crippen molar-refractivity contribution >= 4 is 23.7 Å². The fourth-order valence-electron chi connectivity index (χ4n) is 4.06. The summed E-state index contributed by atoms with van der Waals surface area (Å²) in [6, 6.07) is 0. The summed E-state index contributed by atoms with van der Waals surface area (Å²) in [4.78, 5) is 48.6. The topological polar surface area (TPSA) is 129 Å². The lowest BCUT2D eigenvalue weighted by molar-refractivity contribution is -0.169. The molecular weight excluding hydrogens is 372 g/mol. The minimum atomic E-state index is -1.58. The van der Waals surface area contributed by atoms with Crippen molar-refractivity contribution in [3.8, 4) is 0 Å². The van der Waals surface area contributed by atoms with Crippen LogP contribution in [0.5, 0.6) is 0 Å². The number of Topliss-reactive ketones (excluding diaryl/α,β-unsaturated/α-hetero) is 1. The monoisotopic (exact) mass is 396 g/mol. The first-order valence-corrected chi connectivity index (χ1v) is 9.13. The number of carbonyl (C=O) groups is 4. The summed E-state index contributed by atoms with van der Waals surface area (Å²) in [7, 11) is 0. The van der Waals surface area contributed by atoms with Crippen molar-refractivity contribution in [1.82, 2.24) is 0 Å². The van der Waals surface area contributed by atoms with Crippen LogP contribution in [0.1, 0.15) is 47.0 Å². The molecule has 2 fully saturated rings. The minimum absolute atomic E-state index is 0.0349. The lowest BCUT2D eigenvalue weighted by Gasteiger charge is -2.33. The van der Waals surface area contributed by atoms with Crippen molar-refractivity contribution in [3.05, 3.63) is 11.1 Å². The maximum atomic E-state index is 12.9. The van der Waals surface area contributed by atoms with Crippen LogP contribution in [-0.2, 0) is 38.1 Å².